The molecule has 0 aromatic heterocycles. The van der Waals surface area contributed by atoms with Crippen molar-refractivity contribution in [2.75, 3.05) is 11.9 Å². The molecule has 2 N–H and O–H groups in total. The summed E-state index contributed by atoms with van der Waals surface area (Å²) in [5.41, 5.74) is 1.64. The van der Waals surface area contributed by atoms with E-state index in [0.717, 1.165) is 23.4 Å². The van der Waals surface area contributed by atoms with Crippen LogP contribution in [0, 0.1) is 5.92 Å². The molecule has 0 aliphatic rings. The van der Waals surface area contributed by atoms with Gasteiger partial charge in [0.2, 0.25) is 5.91 Å². The third-order valence-corrected chi connectivity index (χ3v) is 4.04. The highest BCUT2D eigenvalue weighted by Crippen LogP contribution is 2.18. The Bertz CT molecular complexity index is 748. The third-order valence-electron chi connectivity index (χ3n) is 3.59. The molecule has 0 radical (unpaired) electrons. The van der Waals surface area contributed by atoms with Crippen LogP contribution in [0.25, 0.3) is 0 Å². The number of hydrogen-bond acceptors (Lipinski definition) is 3. The molecule has 0 fully saturated rings. The van der Waals surface area contributed by atoms with Gasteiger partial charge in [0.05, 0.1) is 13.0 Å². The van der Waals surface area contributed by atoms with Gasteiger partial charge in [-0.3, -0.25) is 4.79 Å². The van der Waals surface area contributed by atoms with Gasteiger partial charge in [-0.1, -0.05) is 43.6 Å². The molecular weight excluding hydrogens is 368 g/mol. The zero-order valence-electron chi connectivity index (χ0n) is 14.9. The van der Waals surface area contributed by atoms with Crippen molar-refractivity contribution >= 4 is 40.5 Å². The maximum atomic E-state index is 12.1. The second-order valence-corrected chi connectivity index (χ2v) is 7.21. The summed E-state index contributed by atoms with van der Waals surface area (Å²) in [5.74, 6) is 1.18. The average Bonchev–Trinajstić information content (AvgIpc) is 2.57. The van der Waals surface area contributed by atoms with Crippen molar-refractivity contribution in [1.29, 1.82) is 0 Å². The predicted octanol–water partition coefficient (Wildman–Crippen LogP) is 4.82. The molecule has 2 aromatic rings. The third kappa shape index (κ3) is 7.42. The van der Waals surface area contributed by atoms with Gasteiger partial charge in [-0.05, 0) is 54.4 Å². The van der Waals surface area contributed by atoms with Gasteiger partial charge >= 0.3 is 0 Å². The lowest BCUT2D eigenvalue weighted by Gasteiger charge is -2.12. The van der Waals surface area contributed by atoms with Crippen LogP contribution < -0.4 is 15.4 Å². The summed E-state index contributed by atoms with van der Waals surface area (Å²) in [4.78, 5) is 12.1. The standard InChI is InChI=1S/C20H23ClN2O2S/c1-14(2)10-11-25-18-5-3-4-17(13-18)22-20(26)23-19(24)12-15-6-8-16(21)9-7-15/h3-9,13-14H,10-12H2,1-2H3,(H2,22,23,24,26). The number of rotatable bonds is 7. The minimum absolute atomic E-state index is 0.186. The van der Waals surface area contributed by atoms with Crippen molar-refractivity contribution in [3.05, 3.63) is 59.1 Å². The highest BCUT2D eigenvalue weighted by Gasteiger charge is 2.07. The summed E-state index contributed by atoms with van der Waals surface area (Å²) in [6, 6.07) is 14.6. The molecule has 4 nitrogen and oxygen atoms in total. The van der Waals surface area contributed by atoms with Crippen LogP contribution in [0.2, 0.25) is 5.02 Å². The highest BCUT2D eigenvalue weighted by atomic mass is 35.5. The highest BCUT2D eigenvalue weighted by molar-refractivity contribution is 7.80. The molecule has 26 heavy (non-hydrogen) atoms. The van der Waals surface area contributed by atoms with E-state index in [0.29, 0.717) is 17.5 Å². The summed E-state index contributed by atoms with van der Waals surface area (Å²) in [6.45, 7) is 4.99. The normalized spacial score (nSPS) is 10.5. The number of ether oxygens (including phenoxy) is 1. The van der Waals surface area contributed by atoms with Gasteiger partial charge < -0.3 is 15.4 Å². The van der Waals surface area contributed by atoms with Crippen LogP contribution in [0.5, 0.6) is 5.75 Å². The van der Waals surface area contributed by atoms with E-state index in [1.54, 1.807) is 12.1 Å². The topological polar surface area (TPSA) is 50.4 Å². The monoisotopic (exact) mass is 390 g/mol. The maximum absolute atomic E-state index is 12.1. The second-order valence-electron chi connectivity index (χ2n) is 6.36. The van der Waals surface area contributed by atoms with E-state index in [9.17, 15) is 4.79 Å². The van der Waals surface area contributed by atoms with Crippen molar-refractivity contribution < 1.29 is 9.53 Å². The fourth-order valence-corrected chi connectivity index (χ4v) is 2.55. The van der Waals surface area contributed by atoms with Gasteiger partial charge in [-0.25, -0.2) is 0 Å². The first-order chi connectivity index (χ1) is 12.4. The summed E-state index contributed by atoms with van der Waals surface area (Å²) in [5, 5.41) is 6.58. The van der Waals surface area contributed by atoms with Crippen LogP contribution >= 0.6 is 23.8 Å². The molecule has 0 spiro atoms. The Hall–Kier alpha value is -2.11. The van der Waals surface area contributed by atoms with E-state index in [1.165, 1.54) is 0 Å². The molecule has 138 valence electrons. The summed E-state index contributed by atoms with van der Waals surface area (Å²) in [6.07, 6.45) is 1.23. The number of nitrogens with one attached hydrogen (secondary N) is 2. The van der Waals surface area contributed by atoms with Crippen molar-refractivity contribution in [2.45, 2.75) is 26.7 Å². The van der Waals surface area contributed by atoms with E-state index in [1.807, 2.05) is 36.4 Å². The molecule has 0 unspecified atom stereocenters. The van der Waals surface area contributed by atoms with Crippen LogP contribution in [0.15, 0.2) is 48.5 Å². The zero-order valence-corrected chi connectivity index (χ0v) is 16.5. The van der Waals surface area contributed by atoms with E-state index in [2.05, 4.69) is 24.5 Å². The van der Waals surface area contributed by atoms with Crippen LogP contribution in [0.1, 0.15) is 25.8 Å². The molecule has 6 heteroatoms. The maximum Gasteiger partial charge on any atom is 0.230 e. The molecule has 0 bridgehead atoms. The number of carbonyl (C=O) groups is 1. The molecule has 0 heterocycles. The molecule has 0 aliphatic heterocycles. The molecule has 2 rings (SSSR count). The first kappa shape index (κ1) is 20.2. The van der Waals surface area contributed by atoms with E-state index >= 15 is 0 Å². The largest absolute Gasteiger partial charge is 0.494 e. The predicted molar refractivity (Wildman–Crippen MR) is 111 cm³/mol. The molecule has 1 amide bonds. The van der Waals surface area contributed by atoms with Crippen molar-refractivity contribution in [2.24, 2.45) is 5.92 Å². The molecular formula is C20H23ClN2O2S. The quantitative estimate of drug-likeness (QED) is 0.665. The lowest BCUT2D eigenvalue weighted by Crippen LogP contribution is -2.35. The number of thiocarbonyl (C=S) groups is 1. The first-order valence-corrected chi connectivity index (χ1v) is 9.29. The Labute approximate surface area is 164 Å². The lowest BCUT2D eigenvalue weighted by atomic mass is 10.1. The van der Waals surface area contributed by atoms with Crippen molar-refractivity contribution in [1.82, 2.24) is 5.32 Å². The first-order valence-electron chi connectivity index (χ1n) is 8.50. The van der Waals surface area contributed by atoms with Gasteiger partial charge in [0.15, 0.2) is 5.11 Å². The Morgan fingerprint density at radius 2 is 1.92 bits per heavy atom. The van der Waals surface area contributed by atoms with E-state index < -0.39 is 0 Å². The van der Waals surface area contributed by atoms with Gasteiger partial charge in [-0.15, -0.1) is 0 Å². The average molecular weight is 391 g/mol. The van der Waals surface area contributed by atoms with Gasteiger partial charge in [0.1, 0.15) is 5.75 Å². The minimum atomic E-state index is -0.186. The Morgan fingerprint density at radius 1 is 1.19 bits per heavy atom. The minimum Gasteiger partial charge on any atom is -0.494 e. The summed E-state index contributed by atoms with van der Waals surface area (Å²) in [7, 11) is 0. The fourth-order valence-electron chi connectivity index (χ4n) is 2.20. The van der Waals surface area contributed by atoms with E-state index in [-0.39, 0.29) is 17.4 Å². The van der Waals surface area contributed by atoms with Gasteiger partial charge in [-0.2, -0.15) is 0 Å². The second kappa shape index (κ2) is 10.1. The van der Waals surface area contributed by atoms with Crippen molar-refractivity contribution in [3.63, 3.8) is 0 Å². The molecule has 0 atom stereocenters. The Morgan fingerprint density at radius 3 is 2.62 bits per heavy atom. The number of hydrogen-bond donors (Lipinski definition) is 2. The number of halogens is 1. The van der Waals surface area contributed by atoms with E-state index in [4.69, 9.17) is 28.6 Å². The molecule has 0 saturated carbocycles. The number of benzene rings is 2. The number of anilines is 1. The lowest BCUT2D eigenvalue weighted by molar-refractivity contribution is -0.119. The van der Waals surface area contributed by atoms with Crippen molar-refractivity contribution in [3.8, 4) is 5.75 Å². The van der Waals surface area contributed by atoms with Crippen LogP contribution in [-0.4, -0.2) is 17.6 Å². The molecule has 0 aliphatic carbocycles. The van der Waals surface area contributed by atoms with Gasteiger partial charge in [0, 0.05) is 16.8 Å². The van der Waals surface area contributed by atoms with Crippen LogP contribution in [0.3, 0.4) is 0 Å². The SMILES string of the molecule is CC(C)CCOc1cccc(NC(=S)NC(=O)Cc2ccc(Cl)cc2)c1. The van der Waals surface area contributed by atoms with Crippen LogP contribution in [-0.2, 0) is 11.2 Å². The summed E-state index contributed by atoms with van der Waals surface area (Å²) >= 11 is 11.1. The van der Waals surface area contributed by atoms with Gasteiger partial charge in [0.25, 0.3) is 0 Å². The Kier molecular flexibility index (Phi) is 7.88. The zero-order chi connectivity index (χ0) is 18.9. The molecule has 0 saturated heterocycles. The summed E-state index contributed by atoms with van der Waals surface area (Å²) < 4.78 is 5.73. The fraction of sp³-hybridized carbons (Fsp3) is 0.300. The van der Waals surface area contributed by atoms with Crippen LogP contribution in [0.4, 0.5) is 5.69 Å². The number of amides is 1. The smallest absolute Gasteiger partial charge is 0.230 e. The number of carbonyl (C=O) groups excluding carboxylic acids is 1. The Balaban J connectivity index is 1.83. The molecule has 2 aromatic carbocycles.